The lowest BCUT2D eigenvalue weighted by Crippen LogP contribution is -2.35. The molecule has 0 atom stereocenters. The van der Waals surface area contributed by atoms with E-state index in [0.29, 0.717) is 38.6 Å². The van der Waals surface area contributed by atoms with Gasteiger partial charge in [-0.15, -0.1) is 0 Å². The molecule has 0 aromatic heterocycles. The van der Waals surface area contributed by atoms with Crippen LogP contribution in [0.4, 0.5) is 4.79 Å². The van der Waals surface area contributed by atoms with Crippen molar-refractivity contribution in [2.75, 3.05) is 66.8 Å². The first-order chi connectivity index (χ1) is 34.8. The van der Waals surface area contributed by atoms with Crippen LogP contribution in [0, 0.1) is 0 Å². The van der Waals surface area contributed by atoms with Crippen LogP contribution < -0.4 is 0 Å². The van der Waals surface area contributed by atoms with Crippen LogP contribution >= 0.6 is 0 Å². The summed E-state index contributed by atoms with van der Waals surface area (Å²) in [6, 6.07) is 0. The summed E-state index contributed by atoms with van der Waals surface area (Å²) >= 11 is 0. The zero-order valence-electron chi connectivity index (χ0n) is 46.3. The summed E-state index contributed by atoms with van der Waals surface area (Å²) in [5.74, 6) is -2.87. The van der Waals surface area contributed by atoms with E-state index in [4.69, 9.17) is 33.2 Å². The molecule has 0 saturated heterocycles. The Morgan fingerprint density at radius 1 is 0.319 bits per heavy atom. The zero-order valence-corrected chi connectivity index (χ0v) is 46.3. The molecule has 0 spiro atoms. The van der Waals surface area contributed by atoms with Gasteiger partial charge in [0.05, 0.1) is 6.61 Å². The Morgan fingerprint density at radius 2 is 0.597 bits per heavy atom. The average molecular weight is 1030 g/mol. The topological polar surface area (TPSA) is 191 Å². The smallest absolute Gasteiger partial charge is 0.409 e. The van der Waals surface area contributed by atoms with Crippen molar-refractivity contribution < 1.29 is 66.7 Å². The van der Waals surface area contributed by atoms with E-state index in [1.807, 2.05) is 19.0 Å². The lowest BCUT2D eigenvalue weighted by molar-refractivity contribution is -0.167. The maximum Gasteiger partial charge on any atom is 0.409 e. The van der Waals surface area contributed by atoms with Crippen LogP contribution in [0.15, 0.2) is 0 Å². The molecule has 0 rings (SSSR count). The molecule has 16 heteroatoms. The van der Waals surface area contributed by atoms with Crippen LogP contribution in [0.1, 0.15) is 240 Å². The largest absolute Gasteiger partial charge is 0.462 e. The van der Waals surface area contributed by atoms with Gasteiger partial charge in [0.2, 0.25) is 0 Å². The minimum atomic E-state index is -1.00. The van der Waals surface area contributed by atoms with E-state index in [9.17, 15) is 33.6 Å². The Morgan fingerprint density at radius 3 is 0.889 bits per heavy atom. The second kappa shape index (κ2) is 49.3. The SMILES string of the molecule is CCCCCCCCC(=O)OCC(COC(=O)CCCCCCCC)OC(=O)CCCN(CCCC(=O)OC(COC(=O)CCCCCCCC)COC(=O)CCCCCCCC)C(=O)OCCCN(C)C. The average Bonchev–Trinajstić information content (AvgIpc) is 3.35. The van der Waals surface area contributed by atoms with E-state index in [2.05, 4.69) is 27.7 Å². The predicted octanol–water partition coefficient (Wildman–Crippen LogP) is 11.9. The van der Waals surface area contributed by atoms with Gasteiger partial charge < -0.3 is 43.0 Å². The Kier molecular flexibility index (Phi) is 46.6. The minimum Gasteiger partial charge on any atom is -0.462 e. The minimum absolute atomic E-state index is 0.100. The number of ether oxygens (including phenoxy) is 7. The molecule has 0 saturated carbocycles. The normalized spacial score (nSPS) is 11.2. The molecule has 72 heavy (non-hydrogen) atoms. The van der Waals surface area contributed by atoms with Crippen molar-refractivity contribution in [1.82, 2.24) is 9.80 Å². The van der Waals surface area contributed by atoms with Crippen LogP contribution in [0.3, 0.4) is 0 Å². The molecule has 0 radical (unpaired) electrons. The van der Waals surface area contributed by atoms with Gasteiger partial charge in [-0.2, -0.15) is 0 Å². The number of hydrogen-bond acceptors (Lipinski definition) is 15. The molecule has 0 fully saturated rings. The third kappa shape index (κ3) is 44.7. The number of hydrogen-bond donors (Lipinski definition) is 0. The van der Waals surface area contributed by atoms with Gasteiger partial charge in [0, 0.05) is 58.2 Å². The highest BCUT2D eigenvalue weighted by atomic mass is 16.6. The molecular weight excluding hydrogens is 925 g/mol. The molecular formula is C56H102N2O14. The monoisotopic (exact) mass is 1030 g/mol. The third-order valence-electron chi connectivity index (χ3n) is 12.1. The van der Waals surface area contributed by atoms with Crippen LogP contribution in [-0.4, -0.2) is 131 Å². The van der Waals surface area contributed by atoms with Gasteiger partial charge >= 0.3 is 41.9 Å². The number of esters is 6. The van der Waals surface area contributed by atoms with Gasteiger partial charge in [0.25, 0.3) is 0 Å². The fourth-order valence-electron chi connectivity index (χ4n) is 7.71. The number of unbranched alkanes of at least 4 members (excludes halogenated alkanes) is 20. The van der Waals surface area contributed by atoms with Crippen molar-refractivity contribution in [1.29, 1.82) is 0 Å². The van der Waals surface area contributed by atoms with E-state index in [0.717, 1.165) is 128 Å². The van der Waals surface area contributed by atoms with E-state index in [1.165, 1.54) is 4.90 Å². The fraction of sp³-hybridized carbons (Fsp3) is 0.875. The highest BCUT2D eigenvalue weighted by molar-refractivity contribution is 5.72. The first-order valence-corrected chi connectivity index (χ1v) is 28.4. The first kappa shape index (κ1) is 68.0. The fourth-order valence-corrected chi connectivity index (χ4v) is 7.71. The van der Waals surface area contributed by atoms with Crippen molar-refractivity contribution in [2.24, 2.45) is 0 Å². The number of amides is 1. The van der Waals surface area contributed by atoms with Crippen molar-refractivity contribution in [2.45, 2.75) is 252 Å². The van der Waals surface area contributed by atoms with Crippen molar-refractivity contribution >= 4 is 41.9 Å². The summed E-state index contributed by atoms with van der Waals surface area (Å²) in [4.78, 5) is 93.4. The molecule has 0 aromatic carbocycles. The second-order valence-electron chi connectivity index (χ2n) is 19.5. The lowest BCUT2D eigenvalue weighted by Gasteiger charge is -2.23. The second-order valence-corrected chi connectivity index (χ2v) is 19.5. The molecule has 420 valence electrons. The molecule has 0 N–H and O–H groups in total. The summed E-state index contributed by atoms with van der Waals surface area (Å²) in [7, 11) is 3.84. The summed E-state index contributed by atoms with van der Waals surface area (Å²) in [6.07, 6.45) is 23.5. The standard InChI is InChI=1S/C56H102N2O14/c1-7-11-15-19-23-27-34-50(59)67-44-48(45-68-51(60)35-28-24-20-16-12-8-2)71-54(63)38-31-41-58(56(65)66-43-33-40-57(5)6)42-32-39-55(64)72-49(46-69-52(61)36-29-25-21-17-13-9-3)47-70-53(62)37-30-26-22-18-14-10-4/h48-49H,7-47H2,1-6H3. The summed E-state index contributed by atoms with van der Waals surface area (Å²) < 4.78 is 38.8. The Balaban J connectivity index is 5.56. The zero-order chi connectivity index (χ0) is 53.3. The molecule has 16 nitrogen and oxygen atoms in total. The maximum absolute atomic E-state index is 13.3. The van der Waals surface area contributed by atoms with E-state index >= 15 is 0 Å². The van der Waals surface area contributed by atoms with Crippen molar-refractivity contribution in [3.63, 3.8) is 0 Å². The van der Waals surface area contributed by atoms with Gasteiger partial charge in [-0.1, -0.05) is 156 Å². The Bertz CT molecular complexity index is 1240. The molecule has 0 aromatic rings. The van der Waals surface area contributed by atoms with Crippen LogP contribution in [0.25, 0.3) is 0 Å². The van der Waals surface area contributed by atoms with Crippen LogP contribution in [0.5, 0.6) is 0 Å². The van der Waals surface area contributed by atoms with Gasteiger partial charge in [-0.3, -0.25) is 28.8 Å². The Labute approximate surface area is 435 Å². The number of rotatable bonds is 50. The lowest BCUT2D eigenvalue weighted by atomic mass is 10.1. The van der Waals surface area contributed by atoms with E-state index < -0.39 is 54.1 Å². The highest BCUT2D eigenvalue weighted by Crippen LogP contribution is 2.14. The van der Waals surface area contributed by atoms with Gasteiger partial charge in [-0.05, 0) is 59.0 Å². The maximum atomic E-state index is 13.3. The molecule has 0 aliphatic heterocycles. The summed E-state index contributed by atoms with van der Waals surface area (Å²) in [6.45, 7) is 8.67. The molecule has 0 heterocycles. The predicted molar refractivity (Wildman–Crippen MR) is 280 cm³/mol. The number of carbonyl (C=O) groups excluding carboxylic acids is 7. The Hall–Kier alpha value is -3.95. The van der Waals surface area contributed by atoms with E-state index in [1.54, 1.807) is 0 Å². The summed E-state index contributed by atoms with van der Waals surface area (Å²) in [5.41, 5.74) is 0. The van der Waals surface area contributed by atoms with Gasteiger partial charge in [-0.25, -0.2) is 4.79 Å². The molecule has 0 unspecified atom stereocenters. The highest BCUT2D eigenvalue weighted by Gasteiger charge is 2.23. The van der Waals surface area contributed by atoms with Gasteiger partial charge in [0.15, 0.2) is 12.2 Å². The van der Waals surface area contributed by atoms with Crippen molar-refractivity contribution in [3.8, 4) is 0 Å². The number of carbonyl (C=O) groups is 7. The van der Waals surface area contributed by atoms with E-state index in [-0.39, 0.29) is 97.5 Å². The molecule has 1 amide bonds. The summed E-state index contributed by atoms with van der Waals surface area (Å²) in [5, 5.41) is 0. The van der Waals surface area contributed by atoms with Gasteiger partial charge in [0.1, 0.15) is 26.4 Å². The van der Waals surface area contributed by atoms with Crippen LogP contribution in [0.2, 0.25) is 0 Å². The molecule has 0 aliphatic rings. The number of nitrogens with zero attached hydrogens (tertiary/aromatic N) is 2. The van der Waals surface area contributed by atoms with Crippen molar-refractivity contribution in [3.05, 3.63) is 0 Å². The molecule has 0 aliphatic carbocycles. The van der Waals surface area contributed by atoms with Crippen LogP contribution in [-0.2, 0) is 61.9 Å². The first-order valence-electron chi connectivity index (χ1n) is 28.4. The molecule has 0 bridgehead atoms. The third-order valence-corrected chi connectivity index (χ3v) is 12.1. The quantitative estimate of drug-likeness (QED) is 0.0317.